The van der Waals surface area contributed by atoms with Crippen LogP contribution in [0.3, 0.4) is 0 Å². The fourth-order valence-corrected chi connectivity index (χ4v) is 4.96. The topological polar surface area (TPSA) is 73.2 Å². The van der Waals surface area contributed by atoms with Crippen molar-refractivity contribution in [3.8, 4) is 5.75 Å². The average Bonchev–Trinajstić information content (AvgIpc) is 3.26. The van der Waals surface area contributed by atoms with E-state index in [1.165, 1.54) is 0 Å². The number of benzene rings is 1. The zero-order valence-corrected chi connectivity index (χ0v) is 17.2. The average molecular weight is 406 g/mol. The van der Waals surface area contributed by atoms with E-state index in [2.05, 4.69) is 9.82 Å². The molecule has 0 saturated carbocycles. The second-order valence-electron chi connectivity index (χ2n) is 6.13. The number of nitrogens with zero attached hydrogens (tertiary/aromatic N) is 2. The van der Waals surface area contributed by atoms with Crippen molar-refractivity contribution < 1.29 is 13.2 Å². The summed E-state index contributed by atoms with van der Waals surface area (Å²) in [5.74, 6) is 0.353. The summed E-state index contributed by atoms with van der Waals surface area (Å²) in [7, 11) is -3.72. The predicted molar refractivity (Wildman–Crippen MR) is 107 cm³/mol. The summed E-state index contributed by atoms with van der Waals surface area (Å²) in [4.78, 5) is 1.19. The maximum Gasteiger partial charge on any atom is 0.244 e. The van der Waals surface area contributed by atoms with E-state index < -0.39 is 10.0 Å². The van der Waals surface area contributed by atoms with E-state index in [0.29, 0.717) is 12.4 Å². The van der Waals surface area contributed by atoms with Crippen molar-refractivity contribution in [3.05, 3.63) is 64.1 Å². The first kappa shape index (κ1) is 19.6. The third-order valence-electron chi connectivity index (χ3n) is 4.12. The number of para-hydroxylation sites is 1. The second-order valence-corrected chi connectivity index (χ2v) is 8.85. The predicted octanol–water partition coefficient (Wildman–Crippen LogP) is 3.53. The van der Waals surface area contributed by atoms with Gasteiger partial charge in [0, 0.05) is 17.1 Å². The molecule has 1 atom stereocenters. The van der Waals surface area contributed by atoms with Crippen molar-refractivity contribution in [3.63, 3.8) is 0 Å². The number of aryl methyl sites for hydroxylation is 2. The zero-order valence-electron chi connectivity index (χ0n) is 15.5. The summed E-state index contributed by atoms with van der Waals surface area (Å²) in [6.45, 7) is 6.32. The van der Waals surface area contributed by atoms with Crippen molar-refractivity contribution >= 4 is 21.4 Å². The molecule has 3 aromatic rings. The highest BCUT2D eigenvalue weighted by molar-refractivity contribution is 7.89. The van der Waals surface area contributed by atoms with E-state index in [1.807, 2.05) is 49.0 Å². The molecule has 1 aromatic carbocycles. The molecule has 2 heterocycles. The van der Waals surface area contributed by atoms with Gasteiger partial charge in [0.25, 0.3) is 0 Å². The van der Waals surface area contributed by atoms with Crippen LogP contribution in [0.4, 0.5) is 0 Å². The molecule has 0 aliphatic heterocycles. The normalized spacial score (nSPS) is 12.9. The Balaban J connectivity index is 1.89. The molecule has 0 amide bonds. The van der Waals surface area contributed by atoms with E-state index in [0.717, 1.165) is 16.3 Å². The van der Waals surface area contributed by atoms with Gasteiger partial charge in [0.2, 0.25) is 10.0 Å². The molecule has 144 valence electrons. The molecular formula is C19H23N3O3S2. The SMILES string of the molecule is CCOc1ccccc1S(=O)(=O)NCC(c1cccs1)n1nc(C)cc1C. The molecule has 6 nitrogen and oxygen atoms in total. The summed E-state index contributed by atoms with van der Waals surface area (Å²) >= 11 is 1.58. The van der Waals surface area contributed by atoms with Gasteiger partial charge in [-0.1, -0.05) is 18.2 Å². The minimum atomic E-state index is -3.72. The number of hydrogen-bond donors (Lipinski definition) is 1. The Morgan fingerprint density at radius 3 is 2.63 bits per heavy atom. The maximum atomic E-state index is 12.9. The molecule has 8 heteroatoms. The Hall–Kier alpha value is -2.16. The van der Waals surface area contributed by atoms with Crippen molar-refractivity contribution in [2.24, 2.45) is 0 Å². The zero-order chi connectivity index (χ0) is 19.4. The lowest BCUT2D eigenvalue weighted by Gasteiger charge is -2.19. The summed E-state index contributed by atoms with van der Waals surface area (Å²) in [5.41, 5.74) is 1.89. The minimum absolute atomic E-state index is 0.144. The quantitative estimate of drug-likeness (QED) is 0.622. The summed E-state index contributed by atoms with van der Waals surface area (Å²) in [5, 5.41) is 6.53. The van der Waals surface area contributed by atoms with Gasteiger partial charge in [-0.15, -0.1) is 11.3 Å². The van der Waals surface area contributed by atoms with Gasteiger partial charge in [0.05, 0.1) is 18.3 Å². The molecule has 0 aliphatic rings. The fraction of sp³-hybridized carbons (Fsp3) is 0.316. The number of aromatic nitrogens is 2. The van der Waals surface area contributed by atoms with E-state index in [9.17, 15) is 8.42 Å². The number of sulfonamides is 1. The van der Waals surface area contributed by atoms with Crippen molar-refractivity contribution in [2.45, 2.75) is 31.7 Å². The number of nitrogens with one attached hydrogen (secondary N) is 1. The largest absolute Gasteiger partial charge is 0.492 e. The lowest BCUT2D eigenvalue weighted by atomic mass is 10.2. The Morgan fingerprint density at radius 1 is 1.22 bits per heavy atom. The molecule has 0 fully saturated rings. The van der Waals surface area contributed by atoms with Crippen LogP contribution < -0.4 is 9.46 Å². The summed E-state index contributed by atoms with van der Waals surface area (Å²) in [6, 6.07) is 12.4. The van der Waals surface area contributed by atoms with Crippen LogP contribution in [0, 0.1) is 13.8 Å². The Kier molecular flexibility index (Phi) is 5.98. The van der Waals surface area contributed by atoms with E-state index in [-0.39, 0.29) is 17.5 Å². The summed E-state index contributed by atoms with van der Waals surface area (Å²) in [6.07, 6.45) is 0. The van der Waals surface area contributed by atoms with Crippen LogP contribution in [-0.2, 0) is 10.0 Å². The van der Waals surface area contributed by atoms with Gasteiger partial charge in [-0.2, -0.15) is 5.10 Å². The van der Waals surface area contributed by atoms with Crippen LogP contribution in [-0.4, -0.2) is 31.3 Å². The summed E-state index contributed by atoms with van der Waals surface area (Å²) < 4.78 is 35.9. The molecule has 0 radical (unpaired) electrons. The lowest BCUT2D eigenvalue weighted by molar-refractivity contribution is 0.331. The van der Waals surface area contributed by atoms with Gasteiger partial charge in [-0.3, -0.25) is 4.68 Å². The van der Waals surface area contributed by atoms with E-state index in [1.54, 1.807) is 35.6 Å². The van der Waals surface area contributed by atoms with E-state index >= 15 is 0 Å². The Labute approximate surface area is 163 Å². The highest BCUT2D eigenvalue weighted by atomic mass is 32.2. The molecular weight excluding hydrogens is 382 g/mol. The van der Waals surface area contributed by atoms with E-state index in [4.69, 9.17) is 4.74 Å². The molecule has 3 rings (SSSR count). The van der Waals surface area contributed by atoms with Gasteiger partial charge in [0.15, 0.2) is 0 Å². The highest BCUT2D eigenvalue weighted by Crippen LogP contribution is 2.26. The molecule has 0 saturated heterocycles. The lowest BCUT2D eigenvalue weighted by Crippen LogP contribution is -2.32. The third-order valence-corrected chi connectivity index (χ3v) is 6.55. The van der Waals surface area contributed by atoms with Crippen molar-refractivity contribution in [1.82, 2.24) is 14.5 Å². The number of thiophene rings is 1. The smallest absolute Gasteiger partial charge is 0.244 e. The standard InChI is InChI=1S/C19H23N3O3S2/c1-4-25-17-8-5-6-10-19(17)27(23,24)20-13-16(18-9-7-11-26-18)22-15(3)12-14(2)21-22/h5-12,16,20H,4,13H2,1-3H3. The number of ether oxygens (including phenoxy) is 1. The first-order valence-electron chi connectivity index (χ1n) is 8.70. The minimum Gasteiger partial charge on any atom is -0.492 e. The Bertz CT molecular complexity index is 995. The van der Waals surface area contributed by atoms with Crippen molar-refractivity contribution in [1.29, 1.82) is 0 Å². The molecule has 0 bridgehead atoms. The molecule has 27 heavy (non-hydrogen) atoms. The first-order chi connectivity index (χ1) is 12.9. The fourth-order valence-electron chi connectivity index (χ4n) is 2.96. The molecule has 0 aliphatic carbocycles. The molecule has 2 aromatic heterocycles. The van der Waals surface area contributed by atoms with Crippen LogP contribution >= 0.6 is 11.3 Å². The first-order valence-corrected chi connectivity index (χ1v) is 11.1. The van der Waals surface area contributed by atoms with Gasteiger partial charge in [-0.05, 0) is 50.4 Å². The maximum absolute atomic E-state index is 12.9. The van der Waals surface area contributed by atoms with Crippen LogP contribution in [0.15, 0.2) is 52.7 Å². The van der Waals surface area contributed by atoms with Crippen molar-refractivity contribution in [2.75, 3.05) is 13.2 Å². The molecule has 1 unspecified atom stereocenters. The van der Waals surface area contributed by atoms with Crippen LogP contribution in [0.2, 0.25) is 0 Å². The monoisotopic (exact) mass is 405 g/mol. The number of rotatable bonds is 8. The van der Waals surface area contributed by atoms with Crippen LogP contribution in [0.5, 0.6) is 5.75 Å². The van der Waals surface area contributed by atoms with Crippen LogP contribution in [0.25, 0.3) is 0 Å². The van der Waals surface area contributed by atoms with Crippen LogP contribution in [0.1, 0.15) is 29.2 Å². The second kappa shape index (κ2) is 8.24. The van der Waals surface area contributed by atoms with Gasteiger partial charge in [0.1, 0.15) is 10.6 Å². The van der Waals surface area contributed by atoms with Gasteiger partial charge >= 0.3 is 0 Å². The third kappa shape index (κ3) is 4.40. The molecule has 0 spiro atoms. The molecule has 1 N–H and O–H groups in total. The highest BCUT2D eigenvalue weighted by Gasteiger charge is 2.24. The van der Waals surface area contributed by atoms with Gasteiger partial charge < -0.3 is 4.74 Å². The van der Waals surface area contributed by atoms with Gasteiger partial charge in [-0.25, -0.2) is 13.1 Å². The Morgan fingerprint density at radius 2 is 2.00 bits per heavy atom. The number of hydrogen-bond acceptors (Lipinski definition) is 5.